The number of halogens is 3. The second kappa shape index (κ2) is 4.30. The van der Waals surface area contributed by atoms with Gasteiger partial charge in [0.05, 0.1) is 11.4 Å². The fraction of sp³-hybridized carbons (Fsp3) is 0.556. The van der Waals surface area contributed by atoms with E-state index in [1.165, 1.54) is 6.20 Å². The average molecular weight is 237 g/mol. The summed E-state index contributed by atoms with van der Waals surface area (Å²) in [6.45, 7) is 3.79. The monoisotopic (exact) mass is 237 g/mol. The molecule has 1 heterocycles. The lowest BCUT2D eigenvalue weighted by Gasteiger charge is -2.02. The third-order valence-corrected chi connectivity index (χ3v) is 3.01. The minimum absolute atomic E-state index is 0.171. The first-order chi connectivity index (χ1) is 6.80. The SMILES string of the molecule is CC(C)c1ncc(CC(=O)C(F)(F)F)s1. The zero-order chi connectivity index (χ0) is 11.6. The van der Waals surface area contributed by atoms with Gasteiger partial charge >= 0.3 is 6.18 Å². The molecule has 0 spiro atoms. The topological polar surface area (TPSA) is 30.0 Å². The van der Waals surface area contributed by atoms with E-state index in [0.717, 1.165) is 16.3 Å². The third-order valence-electron chi connectivity index (χ3n) is 1.72. The second-order valence-corrected chi connectivity index (χ2v) is 4.56. The molecule has 0 aliphatic carbocycles. The Morgan fingerprint density at radius 2 is 2.13 bits per heavy atom. The van der Waals surface area contributed by atoms with E-state index in [1.807, 2.05) is 13.8 Å². The molecule has 0 aromatic carbocycles. The van der Waals surface area contributed by atoms with Crippen LogP contribution in [0.25, 0.3) is 0 Å². The van der Waals surface area contributed by atoms with Crippen LogP contribution in [0.2, 0.25) is 0 Å². The minimum Gasteiger partial charge on any atom is -0.289 e. The Balaban J connectivity index is 2.70. The highest BCUT2D eigenvalue weighted by atomic mass is 32.1. The van der Waals surface area contributed by atoms with Crippen molar-refractivity contribution in [2.75, 3.05) is 0 Å². The van der Waals surface area contributed by atoms with E-state index < -0.39 is 18.4 Å². The fourth-order valence-electron chi connectivity index (χ4n) is 0.930. The summed E-state index contributed by atoms with van der Waals surface area (Å²) in [5, 5.41) is 0.750. The Hall–Kier alpha value is -0.910. The number of ketones is 1. The number of hydrogen-bond donors (Lipinski definition) is 0. The molecule has 6 heteroatoms. The molecule has 2 nitrogen and oxygen atoms in total. The van der Waals surface area contributed by atoms with E-state index >= 15 is 0 Å². The molecule has 1 aromatic heterocycles. The first-order valence-electron chi connectivity index (χ1n) is 4.35. The van der Waals surface area contributed by atoms with Gasteiger partial charge in [-0.15, -0.1) is 11.3 Å². The maximum Gasteiger partial charge on any atom is 0.450 e. The summed E-state index contributed by atoms with van der Waals surface area (Å²) < 4.78 is 35.8. The van der Waals surface area contributed by atoms with Crippen molar-refractivity contribution in [3.05, 3.63) is 16.1 Å². The van der Waals surface area contributed by atoms with Gasteiger partial charge < -0.3 is 0 Å². The smallest absolute Gasteiger partial charge is 0.289 e. The molecule has 1 rings (SSSR count). The van der Waals surface area contributed by atoms with E-state index in [-0.39, 0.29) is 5.92 Å². The largest absolute Gasteiger partial charge is 0.450 e. The summed E-state index contributed by atoms with van der Waals surface area (Å²) in [6, 6.07) is 0. The Morgan fingerprint density at radius 1 is 1.53 bits per heavy atom. The van der Waals surface area contributed by atoms with Gasteiger partial charge in [0.15, 0.2) is 0 Å². The van der Waals surface area contributed by atoms with Gasteiger partial charge in [0.25, 0.3) is 0 Å². The minimum atomic E-state index is -4.75. The standard InChI is InChI=1S/C9H10F3NOS/c1-5(2)8-13-4-6(15-8)3-7(14)9(10,11)12/h4-5H,3H2,1-2H3. The number of carbonyl (C=O) groups is 1. The van der Waals surface area contributed by atoms with Crippen LogP contribution in [-0.2, 0) is 11.2 Å². The van der Waals surface area contributed by atoms with Crippen molar-refractivity contribution < 1.29 is 18.0 Å². The predicted octanol–water partition coefficient (Wildman–Crippen LogP) is 2.94. The summed E-state index contributed by atoms with van der Waals surface area (Å²) in [5.41, 5.74) is 0. The highest BCUT2D eigenvalue weighted by Crippen LogP contribution is 2.24. The molecule has 0 saturated heterocycles. The van der Waals surface area contributed by atoms with Crippen LogP contribution in [-0.4, -0.2) is 16.9 Å². The molecule has 0 atom stereocenters. The van der Waals surface area contributed by atoms with Crippen molar-refractivity contribution in [1.82, 2.24) is 4.98 Å². The summed E-state index contributed by atoms with van der Waals surface area (Å²) in [5.74, 6) is -1.55. The number of aromatic nitrogens is 1. The van der Waals surface area contributed by atoms with Crippen LogP contribution in [0.15, 0.2) is 6.20 Å². The summed E-state index contributed by atoms with van der Waals surface area (Å²) in [4.78, 5) is 15.0. The lowest BCUT2D eigenvalue weighted by atomic mass is 10.2. The van der Waals surface area contributed by atoms with Crippen LogP contribution in [0.5, 0.6) is 0 Å². The first kappa shape index (κ1) is 12.2. The molecule has 0 fully saturated rings. The summed E-state index contributed by atoms with van der Waals surface area (Å²) in [6.07, 6.45) is -4.01. The number of rotatable bonds is 3. The molecule has 0 amide bonds. The van der Waals surface area contributed by atoms with Gasteiger partial charge in [-0.3, -0.25) is 4.79 Å². The van der Waals surface area contributed by atoms with Crippen LogP contribution in [0.4, 0.5) is 13.2 Å². The Bertz CT molecular complexity index is 356. The highest BCUT2D eigenvalue weighted by Gasteiger charge is 2.38. The van der Waals surface area contributed by atoms with E-state index in [2.05, 4.69) is 4.98 Å². The van der Waals surface area contributed by atoms with E-state index in [4.69, 9.17) is 0 Å². The van der Waals surface area contributed by atoms with Gasteiger partial charge in [-0.1, -0.05) is 13.8 Å². The molecular weight excluding hydrogens is 227 g/mol. The molecule has 0 unspecified atom stereocenters. The number of nitrogens with zero attached hydrogens (tertiary/aromatic N) is 1. The highest BCUT2D eigenvalue weighted by molar-refractivity contribution is 7.11. The van der Waals surface area contributed by atoms with Crippen LogP contribution >= 0.6 is 11.3 Å². The maximum atomic E-state index is 11.9. The van der Waals surface area contributed by atoms with Crippen molar-refractivity contribution in [2.45, 2.75) is 32.4 Å². The molecule has 84 valence electrons. The lowest BCUT2D eigenvalue weighted by molar-refractivity contribution is -0.170. The molecular formula is C9H10F3NOS. The first-order valence-corrected chi connectivity index (χ1v) is 5.17. The molecule has 15 heavy (non-hydrogen) atoms. The maximum absolute atomic E-state index is 11.9. The number of Topliss-reactive ketones (excluding diaryl/α,β-unsaturated/α-hetero) is 1. The van der Waals surface area contributed by atoms with E-state index in [0.29, 0.717) is 4.88 Å². The number of thiazole rings is 1. The van der Waals surface area contributed by atoms with Crippen molar-refractivity contribution in [3.8, 4) is 0 Å². The second-order valence-electron chi connectivity index (χ2n) is 3.42. The van der Waals surface area contributed by atoms with E-state index in [1.54, 1.807) is 0 Å². The van der Waals surface area contributed by atoms with Gasteiger partial charge in [0.1, 0.15) is 0 Å². The Labute approximate surface area is 89.1 Å². The molecule has 0 radical (unpaired) electrons. The van der Waals surface area contributed by atoms with Gasteiger partial charge in [-0.05, 0) is 0 Å². The van der Waals surface area contributed by atoms with Gasteiger partial charge in [0, 0.05) is 17.0 Å². The van der Waals surface area contributed by atoms with Crippen molar-refractivity contribution in [3.63, 3.8) is 0 Å². The normalized spacial score (nSPS) is 12.1. The van der Waals surface area contributed by atoms with Gasteiger partial charge in [-0.2, -0.15) is 13.2 Å². The number of alkyl halides is 3. The van der Waals surface area contributed by atoms with Crippen LogP contribution in [0.3, 0.4) is 0 Å². The predicted molar refractivity (Wildman–Crippen MR) is 51.0 cm³/mol. The Morgan fingerprint density at radius 3 is 2.53 bits per heavy atom. The molecule has 1 aromatic rings. The zero-order valence-electron chi connectivity index (χ0n) is 8.26. The molecule has 0 N–H and O–H groups in total. The summed E-state index contributed by atoms with van der Waals surface area (Å²) >= 11 is 1.15. The zero-order valence-corrected chi connectivity index (χ0v) is 9.08. The van der Waals surface area contributed by atoms with Gasteiger partial charge in [0.2, 0.25) is 5.78 Å². The van der Waals surface area contributed by atoms with Crippen molar-refractivity contribution in [1.29, 1.82) is 0 Å². The fourth-order valence-corrected chi connectivity index (χ4v) is 1.85. The summed E-state index contributed by atoms with van der Waals surface area (Å²) in [7, 11) is 0. The number of carbonyl (C=O) groups excluding carboxylic acids is 1. The third kappa shape index (κ3) is 3.30. The molecule has 0 saturated carbocycles. The van der Waals surface area contributed by atoms with Gasteiger partial charge in [-0.25, -0.2) is 4.98 Å². The Kier molecular flexibility index (Phi) is 3.49. The number of hydrogen-bond acceptors (Lipinski definition) is 3. The van der Waals surface area contributed by atoms with Crippen molar-refractivity contribution in [2.24, 2.45) is 0 Å². The molecule has 0 aliphatic heterocycles. The molecule has 0 aliphatic rings. The quantitative estimate of drug-likeness (QED) is 0.809. The lowest BCUT2D eigenvalue weighted by Crippen LogP contribution is -2.24. The van der Waals surface area contributed by atoms with E-state index in [9.17, 15) is 18.0 Å². The van der Waals surface area contributed by atoms with Crippen LogP contribution < -0.4 is 0 Å². The van der Waals surface area contributed by atoms with Crippen LogP contribution in [0.1, 0.15) is 29.7 Å². The average Bonchev–Trinajstić information content (AvgIpc) is 2.50. The van der Waals surface area contributed by atoms with Crippen molar-refractivity contribution >= 4 is 17.1 Å². The van der Waals surface area contributed by atoms with Crippen LogP contribution in [0, 0.1) is 0 Å². The molecule has 0 bridgehead atoms.